The van der Waals surface area contributed by atoms with Gasteiger partial charge in [-0.05, 0) is 0 Å². The van der Waals surface area contributed by atoms with Crippen molar-refractivity contribution in [3.8, 4) is 6.07 Å². The average molecular weight is 324 g/mol. The number of nitrogens with zero attached hydrogens (tertiary/aromatic N) is 1. The molecule has 2 nitrogen and oxygen atoms in total. The van der Waals surface area contributed by atoms with Crippen LogP contribution >= 0.6 is 18.8 Å². The SMILES string of the molecule is CC#N.N.[Cl][Pt][Cl]. The molecule has 0 aromatic rings. The van der Waals surface area contributed by atoms with E-state index in [1.807, 2.05) is 0 Å². The van der Waals surface area contributed by atoms with Crippen molar-refractivity contribution in [2.45, 2.75) is 6.92 Å². The number of hydrogen-bond acceptors (Lipinski definition) is 2. The molecule has 0 atom stereocenters. The molecule has 0 aromatic carbocycles. The van der Waals surface area contributed by atoms with Gasteiger partial charge < -0.3 is 6.15 Å². The first kappa shape index (κ1) is 15.6. The molecule has 0 fully saturated rings. The van der Waals surface area contributed by atoms with Crippen molar-refractivity contribution in [2.75, 3.05) is 0 Å². The van der Waals surface area contributed by atoms with Crippen LogP contribution in [0.4, 0.5) is 0 Å². The molecule has 0 saturated heterocycles. The van der Waals surface area contributed by atoms with Crippen LogP contribution in [-0.4, -0.2) is 0 Å². The first-order valence-electron chi connectivity index (χ1n) is 0.963. The number of rotatable bonds is 0. The third-order valence-corrected chi connectivity index (χ3v) is 0. The first-order valence-corrected chi connectivity index (χ1v) is 6.59. The van der Waals surface area contributed by atoms with Gasteiger partial charge in [0.15, 0.2) is 0 Å². The van der Waals surface area contributed by atoms with Gasteiger partial charge in [0, 0.05) is 6.92 Å². The topological polar surface area (TPSA) is 58.8 Å². The normalized spacial score (nSPS) is 4.29. The molecule has 0 amide bonds. The summed E-state index contributed by atoms with van der Waals surface area (Å²) in [5.74, 6) is 0. The van der Waals surface area contributed by atoms with Gasteiger partial charge in [0.2, 0.25) is 0 Å². The van der Waals surface area contributed by atoms with Gasteiger partial charge in [-0.15, -0.1) is 0 Å². The standard InChI is InChI=1S/C2H3N.2ClH.H3N.Pt/c1-2-3;;;;/h1H3;2*1H;1H3;/q;;;;+2/p-2. The van der Waals surface area contributed by atoms with Crippen molar-refractivity contribution in [3.05, 3.63) is 0 Å². The Bertz CT molecular complexity index is 43.4. The predicted molar refractivity (Wildman–Crippen MR) is 28.0 cm³/mol. The van der Waals surface area contributed by atoms with Crippen LogP contribution in [0, 0.1) is 11.3 Å². The van der Waals surface area contributed by atoms with E-state index in [0.717, 1.165) is 0 Å². The monoisotopic (exact) mass is 323 g/mol. The van der Waals surface area contributed by atoms with Crippen molar-refractivity contribution in [2.24, 2.45) is 0 Å². The summed E-state index contributed by atoms with van der Waals surface area (Å²) in [6, 6.07) is 1.75. The van der Waals surface area contributed by atoms with Gasteiger partial charge in [-0.25, -0.2) is 0 Å². The van der Waals surface area contributed by atoms with Gasteiger partial charge in [-0.3, -0.25) is 0 Å². The fraction of sp³-hybridized carbons (Fsp3) is 0.500. The molecule has 0 aliphatic rings. The molecule has 7 heavy (non-hydrogen) atoms. The molecular formula is C2H6Cl2N2Pt. The van der Waals surface area contributed by atoms with Gasteiger partial charge in [-0.1, -0.05) is 0 Å². The van der Waals surface area contributed by atoms with Gasteiger partial charge in [-0.2, -0.15) is 5.26 Å². The third kappa shape index (κ3) is 290. The van der Waals surface area contributed by atoms with Crippen LogP contribution in [-0.2, 0) is 16.5 Å². The molecule has 0 aliphatic heterocycles. The zero-order chi connectivity index (χ0) is 5.41. The Balaban J connectivity index is -0.0000000400. The molecule has 48 valence electrons. The van der Waals surface area contributed by atoms with Gasteiger partial charge in [0.25, 0.3) is 0 Å². The number of halogens is 2. The average Bonchev–Trinajstić information content (AvgIpc) is 1.39. The van der Waals surface area contributed by atoms with Crippen molar-refractivity contribution >= 4 is 18.8 Å². The van der Waals surface area contributed by atoms with Crippen molar-refractivity contribution in [1.82, 2.24) is 6.15 Å². The van der Waals surface area contributed by atoms with Crippen LogP contribution in [0.25, 0.3) is 0 Å². The second-order valence-electron chi connectivity index (χ2n) is 0.269. The Morgan fingerprint density at radius 2 is 1.57 bits per heavy atom. The summed E-state index contributed by atoms with van der Waals surface area (Å²) in [6.07, 6.45) is 0. The minimum atomic E-state index is -0.472. The number of hydrogen-bond donors (Lipinski definition) is 1. The summed E-state index contributed by atoms with van der Waals surface area (Å²) in [5, 5.41) is 7.32. The van der Waals surface area contributed by atoms with E-state index in [1.54, 1.807) is 6.07 Å². The summed E-state index contributed by atoms with van der Waals surface area (Å²) < 4.78 is 0. The van der Waals surface area contributed by atoms with E-state index in [4.69, 9.17) is 24.1 Å². The second kappa shape index (κ2) is 29.7. The summed E-state index contributed by atoms with van der Waals surface area (Å²) in [4.78, 5) is 0. The van der Waals surface area contributed by atoms with E-state index in [9.17, 15) is 0 Å². The maximum absolute atomic E-state index is 7.32. The van der Waals surface area contributed by atoms with Crippen molar-refractivity contribution in [3.63, 3.8) is 0 Å². The van der Waals surface area contributed by atoms with Gasteiger partial charge in [0.05, 0.1) is 6.07 Å². The molecule has 5 heteroatoms. The summed E-state index contributed by atoms with van der Waals surface area (Å²) in [5.41, 5.74) is 0. The first-order chi connectivity index (χ1) is 2.83. The molecule has 0 bridgehead atoms. The Labute approximate surface area is 59.8 Å². The summed E-state index contributed by atoms with van der Waals surface area (Å²) in [6.45, 7) is 1.43. The van der Waals surface area contributed by atoms with Crippen LogP contribution in [0.3, 0.4) is 0 Å². The van der Waals surface area contributed by atoms with Crippen LogP contribution in [0.1, 0.15) is 6.92 Å². The van der Waals surface area contributed by atoms with E-state index in [0.29, 0.717) is 0 Å². The molecule has 0 heterocycles. The number of nitriles is 1. The fourth-order valence-electron chi connectivity index (χ4n) is 0. The zero-order valence-electron chi connectivity index (χ0n) is 3.73. The molecule has 0 radical (unpaired) electrons. The molecular weight excluding hydrogens is 318 g/mol. The van der Waals surface area contributed by atoms with E-state index in [2.05, 4.69) is 0 Å². The molecule has 0 aromatic heterocycles. The third-order valence-electron chi connectivity index (χ3n) is 0. The zero-order valence-corrected chi connectivity index (χ0v) is 7.51. The Kier molecular flexibility index (Phi) is 66.5. The van der Waals surface area contributed by atoms with Crippen molar-refractivity contribution < 1.29 is 16.5 Å². The molecule has 3 N–H and O–H groups in total. The van der Waals surface area contributed by atoms with Crippen LogP contribution < -0.4 is 6.15 Å². The van der Waals surface area contributed by atoms with E-state index >= 15 is 0 Å². The minimum absolute atomic E-state index is 0. The predicted octanol–water partition coefficient (Wildman–Crippen LogP) is 2.07. The Hall–Kier alpha value is 0.718. The van der Waals surface area contributed by atoms with Crippen molar-refractivity contribution in [1.29, 1.82) is 5.26 Å². The van der Waals surface area contributed by atoms with E-state index < -0.39 is 16.5 Å². The van der Waals surface area contributed by atoms with Gasteiger partial charge >= 0.3 is 35.3 Å². The molecule has 0 rings (SSSR count). The quantitative estimate of drug-likeness (QED) is 0.742. The molecule has 0 unspecified atom stereocenters. The maximum atomic E-state index is 7.32. The van der Waals surface area contributed by atoms with Crippen LogP contribution in [0.15, 0.2) is 0 Å². The summed E-state index contributed by atoms with van der Waals surface area (Å²) >= 11 is -0.472. The van der Waals surface area contributed by atoms with E-state index in [1.165, 1.54) is 6.92 Å². The molecule has 0 saturated carbocycles. The Morgan fingerprint density at radius 3 is 1.57 bits per heavy atom. The summed E-state index contributed by atoms with van der Waals surface area (Å²) in [7, 11) is 9.75. The second-order valence-corrected chi connectivity index (χ2v) is 3.55. The van der Waals surface area contributed by atoms with E-state index in [-0.39, 0.29) is 6.15 Å². The molecule has 0 aliphatic carbocycles. The van der Waals surface area contributed by atoms with Gasteiger partial charge in [0.1, 0.15) is 0 Å². The fourth-order valence-corrected chi connectivity index (χ4v) is 0. The van der Waals surface area contributed by atoms with Crippen LogP contribution in [0.2, 0.25) is 0 Å². The van der Waals surface area contributed by atoms with Crippen LogP contribution in [0.5, 0.6) is 0 Å². The molecule has 0 spiro atoms. The Morgan fingerprint density at radius 1 is 1.57 bits per heavy atom.